The lowest BCUT2D eigenvalue weighted by Crippen LogP contribution is -2.18. The highest BCUT2D eigenvalue weighted by molar-refractivity contribution is 6.30. The highest BCUT2D eigenvalue weighted by Gasteiger charge is 2.08. The standard InChI is InChI=1S/C14H14ClFN2/c1-10(11-5-3-7-17-8-11)18-9-12-4-2-6-13(15)14(12)16/h2-8,10,18H,9H2,1H3/t10-/m0/s1. The Morgan fingerprint density at radius 2 is 2.17 bits per heavy atom. The number of pyridine rings is 1. The van der Waals surface area contributed by atoms with Gasteiger partial charge in [-0.15, -0.1) is 0 Å². The smallest absolute Gasteiger partial charge is 0.146 e. The maximum absolute atomic E-state index is 13.7. The summed E-state index contributed by atoms with van der Waals surface area (Å²) in [5, 5.41) is 3.40. The molecule has 0 aliphatic carbocycles. The molecule has 0 saturated carbocycles. The van der Waals surface area contributed by atoms with Crippen molar-refractivity contribution in [2.75, 3.05) is 0 Å². The third kappa shape index (κ3) is 3.06. The van der Waals surface area contributed by atoms with Crippen molar-refractivity contribution in [3.05, 3.63) is 64.7 Å². The number of aromatic nitrogens is 1. The maximum Gasteiger partial charge on any atom is 0.146 e. The lowest BCUT2D eigenvalue weighted by Gasteiger charge is -2.14. The molecule has 0 amide bonds. The molecule has 0 fully saturated rings. The molecule has 2 nitrogen and oxygen atoms in total. The third-order valence-electron chi connectivity index (χ3n) is 2.81. The van der Waals surface area contributed by atoms with Crippen LogP contribution in [0.15, 0.2) is 42.7 Å². The van der Waals surface area contributed by atoms with Crippen molar-refractivity contribution in [2.45, 2.75) is 19.5 Å². The van der Waals surface area contributed by atoms with Gasteiger partial charge in [0.05, 0.1) is 5.02 Å². The van der Waals surface area contributed by atoms with Gasteiger partial charge in [0.15, 0.2) is 0 Å². The Morgan fingerprint density at radius 1 is 1.33 bits per heavy atom. The molecule has 1 heterocycles. The Kier molecular flexibility index (Phi) is 4.28. The van der Waals surface area contributed by atoms with Gasteiger partial charge in [0.25, 0.3) is 0 Å². The van der Waals surface area contributed by atoms with E-state index in [-0.39, 0.29) is 16.9 Å². The van der Waals surface area contributed by atoms with Gasteiger partial charge in [-0.3, -0.25) is 4.98 Å². The van der Waals surface area contributed by atoms with E-state index in [0.29, 0.717) is 12.1 Å². The van der Waals surface area contributed by atoms with Crippen LogP contribution in [0.25, 0.3) is 0 Å². The summed E-state index contributed by atoms with van der Waals surface area (Å²) in [6.07, 6.45) is 3.53. The van der Waals surface area contributed by atoms with Gasteiger partial charge in [-0.2, -0.15) is 0 Å². The molecule has 1 N–H and O–H groups in total. The van der Waals surface area contributed by atoms with Gasteiger partial charge in [-0.1, -0.05) is 29.8 Å². The van der Waals surface area contributed by atoms with Crippen LogP contribution in [0, 0.1) is 5.82 Å². The average Bonchev–Trinajstić information content (AvgIpc) is 2.41. The van der Waals surface area contributed by atoms with Gasteiger partial charge in [-0.25, -0.2) is 4.39 Å². The van der Waals surface area contributed by atoms with Gasteiger partial charge in [0.2, 0.25) is 0 Å². The van der Waals surface area contributed by atoms with Crippen LogP contribution in [0.3, 0.4) is 0 Å². The molecule has 0 unspecified atom stereocenters. The zero-order valence-corrected chi connectivity index (χ0v) is 10.8. The molecule has 0 aliphatic rings. The number of nitrogens with one attached hydrogen (secondary N) is 1. The first-order chi connectivity index (χ1) is 8.68. The Labute approximate surface area is 111 Å². The molecule has 0 spiro atoms. The van der Waals surface area contributed by atoms with Crippen LogP contribution < -0.4 is 5.32 Å². The topological polar surface area (TPSA) is 24.9 Å². The molecule has 0 saturated heterocycles. The molecular formula is C14H14ClFN2. The predicted molar refractivity (Wildman–Crippen MR) is 70.9 cm³/mol. The first kappa shape index (κ1) is 13.0. The Morgan fingerprint density at radius 3 is 2.89 bits per heavy atom. The van der Waals surface area contributed by atoms with Crippen molar-refractivity contribution >= 4 is 11.6 Å². The average molecular weight is 265 g/mol. The molecule has 2 rings (SSSR count). The van der Waals surface area contributed by atoms with E-state index in [0.717, 1.165) is 5.56 Å². The summed E-state index contributed by atoms with van der Waals surface area (Å²) in [4.78, 5) is 4.06. The molecule has 0 radical (unpaired) electrons. The lowest BCUT2D eigenvalue weighted by atomic mass is 10.1. The molecule has 18 heavy (non-hydrogen) atoms. The van der Waals surface area contributed by atoms with Crippen molar-refractivity contribution in [3.8, 4) is 0 Å². The van der Waals surface area contributed by atoms with Crippen molar-refractivity contribution < 1.29 is 4.39 Å². The molecule has 1 aromatic heterocycles. The maximum atomic E-state index is 13.7. The van der Waals surface area contributed by atoms with Crippen LogP contribution in [-0.4, -0.2) is 4.98 Å². The fourth-order valence-corrected chi connectivity index (χ4v) is 1.89. The van der Waals surface area contributed by atoms with E-state index in [9.17, 15) is 4.39 Å². The van der Waals surface area contributed by atoms with Crippen molar-refractivity contribution in [2.24, 2.45) is 0 Å². The van der Waals surface area contributed by atoms with Crippen molar-refractivity contribution in [1.82, 2.24) is 10.3 Å². The number of hydrogen-bond acceptors (Lipinski definition) is 2. The van der Waals surface area contributed by atoms with E-state index in [1.165, 1.54) is 0 Å². The van der Waals surface area contributed by atoms with Gasteiger partial charge < -0.3 is 5.32 Å². The molecule has 1 aromatic carbocycles. The summed E-state index contributed by atoms with van der Waals surface area (Å²) in [7, 11) is 0. The third-order valence-corrected chi connectivity index (χ3v) is 3.11. The summed E-state index contributed by atoms with van der Waals surface area (Å²) in [5.74, 6) is -0.356. The summed E-state index contributed by atoms with van der Waals surface area (Å²) in [5.41, 5.74) is 1.64. The highest BCUT2D eigenvalue weighted by Crippen LogP contribution is 2.19. The van der Waals surface area contributed by atoms with E-state index in [2.05, 4.69) is 10.3 Å². The molecule has 0 bridgehead atoms. The van der Waals surface area contributed by atoms with E-state index in [4.69, 9.17) is 11.6 Å². The largest absolute Gasteiger partial charge is 0.306 e. The highest BCUT2D eigenvalue weighted by atomic mass is 35.5. The van der Waals surface area contributed by atoms with E-state index >= 15 is 0 Å². The minimum atomic E-state index is -0.356. The van der Waals surface area contributed by atoms with Crippen molar-refractivity contribution in [1.29, 1.82) is 0 Å². The minimum absolute atomic E-state index is 0.108. The molecule has 1 atom stereocenters. The summed E-state index contributed by atoms with van der Waals surface area (Å²) in [6, 6.07) is 9.00. The summed E-state index contributed by atoms with van der Waals surface area (Å²) < 4.78 is 13.7. The number of benzene rings is 1. The molecule has 2 aromatic rings. The van der Waals surface area contributed by atoms with Crippen LogP contribution in [0.1, 0.15) is 24.1 Å². The van der Waals surface area contributed by atoms with Crippen LogP contribution >= 0.6 is 11.6 Å². The number of rotatable bonds is 4. The van der Waals surface area contributed by atoms with Crippen molar-refractivity contribution in [3.63, 3.8) is 0 Å². The fourth-order valence-electron chi connectivity index (χ4n) is 1.70. The van der Waals surface area contributed by atoms with Gasteiger partial charge in [0.1, 0.15) is 5.82 Å². The van der Waals surface area contributed by atoms with Crippen LogP contribution in [0.4, 0.5) is 4.39 Å². The normalized spacial score (nSPS) is 12.4. The summed E-state index contributed by atoms with van der Waals surface area (Å²) in [6.45, 7) is 2.45. The van der Waals surface area contributed by atoms with Gasteiger partial charge in [0, 0.05) is 30.5 Å². The van der Waals surface area contributed by atoms with E-state index in [1.54, 1.807) is 30.6 Å². The second-order valence-electron chi connectivity index (χ2n) is 4.10. The monoisotopic (exact) mass is 264 g/mol. The first-order valence-corrected chi connectivity index (χ1v) is 6.12. The molecule has 94 valence electrons. The van der Waals surface area contributed by atoms with E-state index in [1.807, 2.05) is 19.1 Å². The van der Waals surface area contributed by atoms with Gasteiger partial charge in [-0.05, 0) is 24.6 Å². The predicted octanol–water partition coefficient (Wildman–Crippen LogP) is 3.72. The quantitative estimate of drug-likeness (QED) is 0.910. The van der Waals surface area contributed by atoms with Crippen LogP contribution in [0.5, 0.6) is 0 Å². The number of hydrogen-bond donors (Lipinski definition) is 1. The minimum Gasteiger partial charge on any atom is -0.306 e. The van der Waals surface area contributed by atoms with E-state index < -0.39 is 0 Å². The zero-order chi connectivity index (χ0) is 13.0. The zero-order valence-electron chi connectivity index (χ0n) is 10.0. The fraction of sp³-hybridized carbons (Fsp3) is 0.214. The molecule has 0 aliphatic heterocycles. The first-order valence-electron chi connectivity index (χ1n) is 5.74. The molecular weight excluding hydrogens is 251 g/mol. The molecule has 4 heteroatoms. The Hall–Kier alpha value is -1.45. The van der Waals surface area contributed by atoms with Gasteiger partial charge >= 0.3 is 0 Å². The number of halogens is 2. The summed E-state index contributed by atoms with van der Waals surface area (Å²) >= 11 is 5.73. The van der Waals surface area contributed by atoms with Crippen LogP contribution in [-0.2, 0) is 6.54 Å². The second-order valence-corrected chi connectivity index (χ2v) is 4.51. The SMILES string of the molecule is C[C@H](NCc1cccc(Cl)c1F)c1cccnc1. The lowest BCUT2D eigenvalue weighted by molar-refractivity contribution is 0.543. The Bertz CT molecular complexity index is 516. The van der Waals surface area contributed by atoms with Crippen LogP contribution in [0.2, 0.25) is 5.02 Å². The Balaban J connectivity index is 2.02. The second kappa shape index (κ2) is 5.94. The number of nitrogens with zero attached hydrogens (tertiary/aromatic N) is 1.